The third-order valence-corrected chi connectivity index (χ3v) is 1.64. The minimum atomic E-state index is -0.154. The average molecular weight is 198 g/mol. The van der Waals surface area contributed by atoms with E-state index in [0.29, 0.717) is 6.54 Å². The summed E-state index contributed by atoms with van der Waals surface area (Å²) in [5.41, 5.74) is 0. The molecule has 0 bridgehead atoms. The van der Waals surface area contributed by atoms with Gasteiger partial charge in [0.05, 0.1) is 6.54 Å². The Morgan fingerprint density at radius 3 is 2.57 bits per heavy atom. The minimum Gasteiger partial charge on any atom is -0.355 e. The molecule has 2 amide bonds. The lowest BCUT2D eigenvalue weighted by atomic mass is 10.4. The van der Waals surface area contributed by atoms with Crippen LogP contribution >= 0.6 is 0 Å². The lowest BCUT2D eigenvalue weighted by molar-refractivity contribution is -0.131. The van der Waals surface area contributed by atoms with Crippen LogP contribution in [0.1, 0.15) is 20.3 Å². The van der Waals surface area contributed by atoms with Crippen LogP contribution < -0.4 is 5.32 Å². The first-order valence-electron chi connectivity index (χ1n) is 4.76. The van der Waals surface area contributed by atoms with Gasteiger partial charge in [-0.15, -0.1) is 0 Å². The quantitative estimate of drug-likeness (QED) is 0.656. The zero-order valence-corrected chi connectivity index (χ0v) is 9.04. The van der Waals surface area contributed by atoms with E-state index in [1.165, 1.54) is 11.0 Å². The minimum absolute atomic E-state index is 0.114. The fourth-order valence-corrected chi connectivity index (χ4v) is 0.883. The van der Waals surface area contributed by atoms with Crippen molar-refractivity contribution in [3.63, 3.8) is 0 Å². The van der Waals surface area contributed by atoms with Crippen molar-refractivity contribution in [2.75, 3.05) is 20.1 Å². The smallest absolute Gasteiger partial charge is 0.246 e. The number of carbonyl (C=O) groups excluding carboxylic acids is 2. The van der Waals surface area contributed by atoms with E-state index in [0.717, 1.165) is 6.42 Å². The summed E-state index contributed by atoms with van der Waals surface area (Å²) in [5.74, 6) is -0.272. The predicted octanol–water partition coefficient (Wildman–Crippen LogP) is 0.547. The number of hydrogen-bond donors (Lipinski definition) is 1. The number of nitrogens with zero attached hydrogens (tertiary/aromatic N) is 1. The van der Waals surface area contributed by atoms with Gasteiger partial charge in [-0.3, -0.25) is 9.59 Å². The molecule has 0 saturated carbocycles. The summed E-state index contributed by atoms with van der Waals surface area (Å²) in [5, 5.41) is 2.70. The van der Waals surface area contributed by atoms with Crippen molar-refractivity contribution in [3.05, 3.63) is 12.2 Å². The Labute approximate surface area is 85.0 Å². The van der Waals surface area contributed by atoms with Gasteiger partial charge >= 0.3 is 0 Å². The van der Waals surface area contributed by atoms with E-state index in [-0.39, 0.29) is 18.4 Å². The van der Waals surface area contributed by atoms with E-state index in [1.807, 2.05) is 6.92 Å². The van der Waals surface area contributed by atoms with Crippen LogP contribution in [-0.4, -0.2) is 36.9 Å². The molecule has 0 atom stereocenters. The molecule has 0 aliphatic carbocycles. The maximum atomic E-state index is 11.2. The van der Waals surface area contributed by atoms with Crippen molar-refractivity contribution in [1.82, 2.24) is 10.2 Å². The fraction of sp³-hybridized carbons (Fsp3) is 0.600. The maximum Gasteiger partial charge on any atom is 0.246 e. The van der Waals surface area contributed by atoms with Gasteiger partial charge in [-0.2, -0.15) is 0 Å². The van der Waals surface area contributed by atoms with Crippen molar-refractivity contribution < 1.29 is 9.59 Å². The second-order valence-corrected chi connectivity index (χ2v) is 3.04. The molecule has 0 fully saturated rings. The summed E-state index contributed by atoms with van der Waals surface area (Å²) in [7, 11) is 1.61. The van der Waals surface area contributed by atoms with Gasteiger partial charge in [-0.05, 0) is 19.4 Å². The van der Waals surface area contributed by atoms with Gasteiger partial charge in [-0.25, -0.2) is 0 Å². The largest absolute Gasteiger partial charge is 0.355 e. The van der Waals surface area contributed by atoms with Gasteiger partial charge < -0.3 is 10.2 Å². The Kier molecular flexibility index (Phi) is 6.45. The Morgan fingerprint density at radius 1 is 1.43 bits per heavy atom. The molecule has 0 aliphatic heterocycles. The third-order valence-electron chi connectivity index (χ3n) is 1.64. The molecule has 0 saturated heterocycles. The van der Waals surface area contributed by atoms with Crippen LogP contribution in [0, 0.1) is 0 Å². The molecule has 1 N–H and O–H groups in total. The van der Waals surface area contributed by atoms with E-state index in [4.69, 9.17) is 0 Å². The summed E-state index contributed by atoms with van der Waals surface area (Å²) in [6.45, 7) is 4.52. The first-order chi connectivity index (χ1) is 6.61. The summed E-state index contributed by atoms with van der Waals surface area (Å²) >= 11 is 0. The van der Waals surface area contributed by atoms with E-state index < -0.39 is 0 Å². The number of allylic oxidation sites excluding steroid dienone is 1. The second-order valence-electron chi connectivity index (χ2n) is 3.04. The molecule has 0 aromatic heterocycles. The highest BCUT2D eigenvalue weighted by Gasteiger charge is 2.08. The summed E-state index contributed by atoms with van der Waals surface area (Å²) in [6.07, 6.45) is 3.99. The van der Waals surface area contributed by atoms with E-state index in [2.05, 4.69) is 5.32 Å². The van der Waals surface area contributed by atoms with Gasteiger partial charge in [0, 0.05) is 13.6 Å². The predicted molar refractivity (Wildman–Crippen MR) is 55.8 cm³/mol. The van der Waals surface area contributed by atoms with Crippen molar-refractivity contribution in [1.29, 1.82) is 0 Å². The van der Waals surface area contributed by atoms with Crippen molar-refractivity contribution >= 4 is 11.8 Å². The van der Waals surface area contributed by atoms with Gasteiger partial charge in [-0.1, -0.05) is 13.0 Å². The average Bonchev–Trinajstić information content (AvgIpc) is 2.15. The van der Waals surface area contributed by atoms with Crippen LogP contribution in [0.15, 0.2) is 12.2 Å². The number of hydrogen-bond acceptors (Lipinski definition) is 2. The molecule has 0 heterocycles. The SMILES string of the molecule is CC=CC(=O)N(C)CC(=O)NCCC. The molecule has 4 heteroatoms. The van der Waals surface area contributed by atoms with Crippen LogP contribution in [0.2, 0.25) is 0 Å². The molecule has 80 valence electrons. The second kappa shape index (κ2) is 7.12. The van der Waals surface area contributed by atoms with Gasteiger partial charge in [0.1, 0.15) is 0 Å². The zero-order valence-electron chi connectivity index (χ0n) is 9.04. The molecule has 0 aliphatic rings. The molecular weight excluding hydrogens is 180 g/mol. The van der Waals surface area contributed by atoms with Gasteiger partial charge in [0.25, 0.3) is 0 Å². The molecule has 0 spiro atoms. The molecule has 4 nitrogen and oxygen atoms in total. The number of rotatable bonds is 5. The molecule has 0 aromatic carbocycles. The van der Waals surface area contributed by atoms with Crippen LogP contribution in [-0.2, 0) is 9.59 Å². The normalized spacial score (nSPS) is 10.2. The molecule has 0 unspecified atom stereocenters. The zero-order chi connectivity index (χ0) is 11.0. The fourth-order valence-electron chi connectivity index (χ4n) is 0.883. The lowest BCUT2D eigenvalue weighted by Crippen LogP contribution is -2.37. The first-order valence-corrected chi connectivity index (χ1v) is 4.76. The van der Waals surface area contributed by atoms with E-state index in [9.17, 15) is 9.59 Å². The van der Waals surface area contributed by atoms with Gasteiger partial charge in [0.15, 0.2) is 0 Å². The Balaban J connectivity index is 3.86. The molecule has 0 aromatic rings. The highest BCUT2D eigenvalue weighted by molar-refractivity contribution is 5.90. The van der Waals surface area contributed by atoms with E-state index >= 15 is 0 Å². The van der Waals surface area contributed by atoms with Crippen molar-refractivity contribution in [3.8, 4) is 0 Å². The number of amides is 2. The summed E-state index contributed by atoms with van der Waals surface area (Å²) < 4.78 is 0. The maximum absolute atomic E-state index is 11.2. The molecule has 14 heavy (non-hydrogen) atoms. The first kappa shape index (κ1) is 12.7. The lowest BCUT2D eigenvalue weighted by Gasteiger charge is -2.14. The highest BCUT2D eigenvalue weighted by Crippen LogP contribution is 1.86. The Bertz CT molecular complexity index is 224. The number of likely N-dealkylation sites (N-methyl/N-ethyl adjacent to an activating group) is 1. The Hall–Kier alpha value is -1.32. The molecular formula is C10H18N2O2. The molecule has 0 radical (unpaired) electrons. The van der Waals surface area contributed by atoms with Crippen molar-refractivity contribution in [2.24, 2.45) is 0 Å². The van der Waals surface area contributed by atoms with Crippen LogP contribution in [0.5, 0.6) is 0 Å². The van der Waals surface area contributed by atoms with E-state index in [1.54, 1.807) is 20.0 Å². The van der Waals surface area contributed by atoms with Crippen LogP contribution in [0.3, 0.4) is 0 Å². The van der Waals surface area contributed by atoms with Crippen LogP contribution in [0.4, 0.5) is 0 Å². The van der Waals surface area contributed by atoms with Gasteiger partial charge in [0.2, 0.25) is 11.8 Å². The molecule has 0 rings (SSSR count). The van der Waals surface area contributed by atoms with Crippen LogP contribution in [0.25, 0.3) is 0 Å². The van der Waals surface area contributed by atoms with Crippen molar-refractivity contribution in [2.45, 2.75) is 20.3 Å². The summed E-state index contributed by atoms with van der Waals surface area (Å²) in [6, 6.07) is 0. The topological polar surface area (TPSA) is 49.4 Å². The third kappa shape index (κ3) is 5.35. The monoisotopic (exact) mass is 198 g/mol. The Morgan fingerprint density at radius 2 is 2.07 bits per heavy atom. The number of carbonyl (C=O) groups is 2. The highest BCUT2D eigenvalue weighted by atomic mass is 16.2. The summed E-state index contributed by atoms with van der Waals surface area (Å²) in [4.78, 5) is 23.8. The number of nitrogens with one attached hydrogen (secondary N) is 1. The standard InChI is InChI=1S/C10H18N2O2/c1-4-6-10(14)12(3)8-9(13)11-7-5-2/h4,6H,5,7-8H2,1-3H3,(H,11,13).